The maximum Gasteiger partial charge on any atom is 0.117 e. The topological polar surface area (TPSA) is 47.3 Å². The SMILES string of the molecule is CCCC(N)(CC)OC1(c2ccccc2)CCNCC1. The first kappa shape index (κ1) is 15.5. The highest BCUT2D eigenvalue weighted by atomic mass is 16.5. The minimum Gasteiger partial charge on any atom is -0.350 e. The number of hydrogen-bond acceptors (Lipinski definition) is 3. The van der Waals surface area contributed by atoms with Gasteiger partial charge in [-0.2, -0.15) is 0 Å². The zero-order valence-electron chi connectivity index (χ0n) is 12.8. The molecular weight excluding hydrogens is 248 g/mol. The molecule has 3 nitrogen and oxygen atoms in total. The molecule has 0 bridgehead atoms. The van der Waals surface area contributed by atoms with E-state index >= 15 is 0 Å². The molecule has 1 aromatic carbocycles. The van der Waals surface area contributed by atoms with Crippen LogP contribution < -0.4 is 11.1 Å². The van der Waals surface area contributed by atoms with Crippen molar-refractivity contribution in [3.8, 4) is 0 Å². The first-order chi connectivity index (χ1) is 9.64. The Labute approximate surface area is 122 Å². The van der Waals surface area contributed by atoms with Gasteiger partial charge in [0, 0.05) is 0 Å². The molecule has 3 N–H and O–H groups in total. The Hall–Kier alpha value is -0.900. The van der Waals surface area contributed by atoms with Crippen LogP contribution in [0.1, 0.15) is 51.5 Å². The number of hydrogen-bond donors (Lipinski definition) is 2. The van der Waals surface area contributed by atoms with Crippen molar-refractivity contribution in [1.29, 1.82) is 0 Å². The lowest BCUT2D eigenvalue weighted by atomic mass is 9.84. The van der Waals surface area contributed by atoms with Crippen LogP contribution in [0.2, 0.25) is 0 Å². The average Bonchev–Trinajstić information content (AvgIpc) is 2.49. The summed E-state index contributed by atoms with van der Waals surface area (Å²) in [6.07, 6.45) is 4.78. The van der Waals surface area contributed by atoms with Crippen molar-refractivity contribution < 1.29 is 4.74 Å². The lowest BCUT2D eigenvalue weighted by Gasteiger charge is -2.44. The summed E-state index contributed by atoms with van der Waals surface area (Å²) in [4.78, 5) is 0. The highest BCUT2D eigenvalue weighted by Gasteiger charge is 2.40. The van der Waals surface area contributed by atoms with Crippen LogP contribution in [0.25, 0.3) is 0 Å². The lowest BCUT2D eigenvalue weighted by molar-refractivity contribution is -0.178. The van der Waals surface area contributed by atoms with E-state index in [0.29, 0.717) is 0 Å². The fourth-order valence-electron chi connectivity index (χ4n) is 3.13. The van der Waals surface area contributed by atoms with Gasteiger partial charge in [0.15, 0.2) is 0 Å². The van der Waals surface area contributed by atoms with Crippen LogP contribution in [0.15, 0.2) is 30.3 Å². The zero-order chi connectivity index (χ0) is 14.5. The van der Waals surface area contributed by atoms with Crippen LogP contribution in [-0.2, 0) is 10.3 Å². The molecule has 0 spiro atoms. The molecule has 1 aliphatic heterocycles. The van der Waals surface area contributed by atoms with E-state index in [1.165, 1.54) is 5.56 Å². The fourth-order valence-corrected chi connectivity index (χ4v) is 3.13. The van der Waals surface area contributed by atoms with Gasteiger partial charge < -0.3 is 15.8 Å². The van der Waals surface area contributed by atoms with Crippen molar-refractivity contribution >= 4 is 0 Å². The highest BCUT2D eigenvalue weighted by molar-refractivity contribution is 5.24. The van der Waals surface area contributed by atoms with Gasteiger partial charge in [-0.3, -0.25) is 0 Å². The van der Waals surface area contributed by atoms with Crippen molar-refractivity contribution in [1.82, 2.24) is 5.32 Å². The summed E-state index contributed by atoms with van der Waals surface area (Å²) in [6, 6.07) is 10.6. The standard InChI is InChI=1S/C17H28N2O/c1-3-10-17(18,4-2)20-16(11-13-19-14-12-16)15-8-6-5-7-9-15/h5-9,19H,3-4,10-14,18H2,1-2H3. The number of benzene rings is 1. The summed E-state index contributed by atoms with van der Waals surface area (Å²) >= 11 is 0. The quantitative estimate of drug-likeness (QED) is 0.785. The second-order valence-electron chi connectivity index (χ2n) is 5.88. The maximum atomic E-state index is 6.58. The van der Waals surface area contributed by atoms with Gasteiger partial charge in [0.1, 0.15) is 5.72 Å². The summed E-state index contributed by atoms with van der Waals surface area (Å²) < 4.78 is 6.58. The van der Waals surface area contributed by atoms with E-state index in [9.17, 15) is 0 Å². The number of ether oxygens (including phenoxy) is 1. The van der Waals surface area contributed by atoms with Crippen LogP contribution in [0.3, 0.4) is 0 Å². The number of piperidine rings is 1. The Bertz CT molecular complexity index is 401. The molecule has 1 atom stereocenters. The van der Waals surface area contributed by atoms with Gasteiger partial charge in [-0.15, -0.1) is 0 Å². The molecule has 20 heavy (non-hydrogen) atoms. The monoisotopic (exact) mass is 276 g/mol. The molecule has 0 aliphatic carbocycles. The maximum absolute atomic E-state index is 6.58. The van der Waals surface area contributed by atoms with Crippen LogP contribution in [0.4, 0.5) is 0 Å². The first-order valence-electron chi connectivity index (χ1n) is 7.89. The van der Waals surface area contributed by atoms with Crippen LogP contribution >= 0.6 is 0 Å². The second-order valence-corrected chi connectivity index (χ2v) is 5.88. The third-order valence-electron chi connectivity index (χ3n) is 4.38. The molecule has 112 valence electrons. The molecule has 2 rings (SSSR count). The Kier molecular flexibility index (Phi) is 5.19. The van der Waals surface area contributed by atoms with E-state index in [-0.39, 0.29) is 5.60 Å². The average molecular weight is 276 g/mol. The minimum absolute atomic E-state index is 0.230. The van der Waals surface area contributed by atoms with Crippen molar-refractivity contribution in [3.63, 3.8) is 0 Å². The predicted molar refractivity (Wildman–Crippen MR) is 83.4 cm³/mol. The highest BCUT2D eigenvalue weighted by Crippen LogP contribution is 2.39. The third-order valence-corrected chi connectivity index (χ3v) is 4.38. The van der Waals surface area contributed by atoms with Crippen molar-refractivity contribution in [3.05, 3.63) is 35.9 Å². The van der Waals surface area contributed by atoms with E-state index in [4.69, 9.17) is 10.5 Å². The minimum atomic E-state index is -0.512. The Morgan fingerprint density at radius 1 is 1.20 bits per heavy atom. The van der Waals surface area contributed by atoms with Crippen molar-refractivity contribution in [2.45, 2.75) is 57.3 Å². The van der Waals surface area contributed by atoms with Crippen LogP contribution in [-0.4, -0.2) is 18.8 Å². The summed E-state index contributed by atoms with van der Waals surface area (Å²) in [5, 5.41) is 3.42. The van der Waals surface area contributed by atoms with Gasteiger partial charge in [0.05, 0.1) is 5.60 Å². The smallest absolute Gasteiger partial charge is 0.117 e. The van der Waals surface area contributed by atoms with E-state index in [1.54, 1.807) is 0 Å². The van der Waals surface area contributed by atoms with Crippen LogP contribution in [0.5, 0.6) is 0 Å². The number of rotatable bonds is 6. The summed E-state index contributed by atoms with van der Waals surface area (Å²) in [6.45, 7) is 6.26. The van der Waals surface area contributed by atoms with Crippen molar-refractivity contribution in [2.75, 3.05) is 13.1 Å². The van der Waals surface area contributed by atoms with Gasteiger partial charge >= 0.3 is 0 Å². The van der Waals surface area contributed by atoms with Crippen LogP contribution in [0, 0.1) is 0 Å². The van der Waals surface area contributed by atoms with Gasteiger partial charge in [-0.25, -0.2) is 0 Å². The Balaban J connectivity index is 2.28. The van der Waals surface area contributed by atoms with E-state index in [1.807, 2.05) is 0 Å². The molecule has 1 aromatic rings. The third kappa shape index (κ3) is 3.40. The second kappa shape index (κ2) is 6.70. The van der Waals surface area contributed by atoms with Gasteiger partial charge in [-0.1, -0.05) is 50.6 Å². The van der Waals surface area contributed by atoms with Gasteiger partial charge in [0.25, 0.3) is 0 Å². The Morgan fingerprint density at radius 3 is 2.40 bits per heavy atom. The molecule has 1 heterocycles. The molecule has 1 fully saturated rings. The lowest BCUT2D eigenvalue weighted by Crippen LogP contribution is -2.52. The van der Waals surface area contributed by atoms with Gasteiger partial charge in [-0.05, 0) is 44.3 Å². The molecule has 0 amide bonds. The van der Waals surface area contributed by atoms with E-state index in [2.05, 4.69) is 49.5 Å². The summed E-state index contributed by atoms with van der Waals surface area (Å²) in [7, 11) is 0. The van der Waals surface area contributed by atoms with Crippen molar-refractivity contribution in [2.24, 2.45) is 5.73 Å². The predicted octanol–water partition coefficient (Wildman–Crippen LogP) is 3.15. The molecule has 0 radical (unpaired) electrons. The molecule has 1 aliphatic rings. The fraction of sp³-hybridized carbons (Fsp3) is 0.647. The molecular formula is C17H28N2O. The summed E-state index contributed by atoms with van der Waals surface area (Å²) in [5.41, 5.74) is 7.04. The number of nitrogens with one attached hydrogen (secondary N) is 1. The Morgan fingerprint density at radius 2 is 1.85 bits per heavy atom. The molecule has 1 unspecified atom stereocenters. The van der Waals surface area contributed by atoms with E-state index in [0.717, 1.165) is 45.2 Å². The molecule has 0 aromatic heterocycles. The van der Waals surface area contributed by atoms with Gasteiger partial charge in [0.2, 0.25) is 0 Å². The normalized spacial score (nSPS) is 21.4. The largest absolute Gasteiger partial charge is 0.350 e. The molecule has 1 saturated heterocycles. The zero-order valence-corrected chi connectivity index (χ0v) is 12.8. The molecule has 0 saturated carbocycles. The summed E-state index contributed by atoms with van der Waals surface area (Å²) in [5.74, 6) is 0. The molecule has 3 heteroatoms. The first-order valence-corrected chi connectivity index (χ1v) is 7.89. The van der Waals surface area contributed by atoms with E-state index < -0.39 is 5.72 Å². The number of nitrogens with two attached hydrogens (primary N) is 1.